The standard InChI is InChI=1S/C9H7BrClN3O2.C9H7Cl2N3O2/c2*1-2-16-9(15)6-4-12-8-5(10)3-7(11)13-14(6)8/h2*3-4H,2H2,1H3. The Balaban J connectivity index is 0.000000181. The molecular formula is C18H14BrCl3N6O4. The molecule has 0 N–H and O–H groups in total. The fourth-order valence-electron chi connectivity index (χ4n) is 2.50. The van der Waals surface area contributed by atoms with Crippen LogP contribution in [0.4, 0.5) is 0 Å². The van der Waals surface area contributed by atoms with Crippen molar-refractivity contribution in [3.63, 3.8) is 0 Å². The molecule has 0 aromatic carbocycles. The lowest BCUT2D eigenvalue weighted by molar-refractivity contribution is 0.0507. The molecule has 0 unspecified atom stereocenters. The number of ether oxygens (including phenoxy) is 2. The number of imidazole rings is 2. The van der Waals surface area contributed by atoms with E-state index in [1.54, 1.807) is 19.9 Å². The highest BCUT2D eigenvalue weighted by atomic mass is 79.9. The summed E-state index contributed by atoms with van der Waals surface area (Å²) in [5.41, 5.74) is 1.34. The molecule has 14 heteroatoms. The van der Waals surface area contributed by atoms with Gasteiger partial charge in [-0.25, -0.2) is 28.6 Å². The number of nitrogens with zero attached hydrogens (tertiary/aromatic N) is 6. The number of halogens is 4. The molecule has 4 aromatic heterocycles. The quantitative estimate of drug-likeness (QED) is 0.332. The van der Waals surface area contributed by atoms with Crippen LogP contribution in [0.25, 0.3) is 11.3 Å². The fraction of sp³-hybridized carbons (Fsp3) is 0.222. The van der Waals surface area contributed by atoms with Gasteiger partial charge in [0.15, 0.2) is 33.0 Å². The number of hydrogen-bond donors (Lipinski definition) is 0. The minimum absolute atomic E-state index is 0.182. The second-order valence-electron chi connectivity index (χ2n) is 5.83. The maximum Gasteiger partial charge on any atom is 0.358 e. The molecule has 0 atom stereocenters. The molecule has 0 aliphatic rings. The predicted octanol–water partition coefficient (Wildman–Crippen LogP) is 4.53. The van der Waals surface area contributed by atoms with Crippen molar-refractivity contribution in [1.82, 2.24) is 29.2 Å². The van der Waals surface area contributed by atoms with Crippen molar-refractivity contribution in [2.45, 2.75) is 13.8 Å². The normalized spacial score (nSPS) is 10.7. The maximum atomic E-state index is 11.6. The zero-order valence-electron chi connectivity index (χ0n) is 16.6. The minimum Gasteiger partial charge on any atom is -0.461 e. The van der Waals surface area contributed by atoms with Gasteiger partial charge in [-0.3, -0.25) is 0 Å². The van der Waals surface area contributed by atoms with E-state index in [0.717, 1.165) is 0 Å². The number of carbonyl (C=O) groups is 2. The Bertz CT molecular complexity index is 1210. The second-order valence-corrected chi connectivity index (χ2v) is 7.86. The molecule has 0 saturated carbocycles. The lowest BCUT2D eigenvalue weighted by Crippen LogP contribution is -2.09. The van der Waals surface area contributed by atoms with Gasteiger partial charge in [0.2, 0.25) is 0 Å². The summed E-state index contributed by atoms with van der Waals surface area (Å²) < 4.78 is 13.0. The second kappa shape index (κ2) is 10.4. The molecule has 168 valence electrons. The Morgan fingerprint density at radius 1 is 0.875 bits per heavy atom. The van der Waals surface area contributed by atoms with Crippen LogP contribution in [0, 0.1) is 0 Å². The van der Waals surface area contributed by atoms with Gasteiger partial charge in [0, 0.05) is 0 Å². The van der Waals surface area contributed by atoms with E-state index in [-0.39, 0.29) is 28.3 Å². The van der Waals surface area contributed by atoms with Gasteiger partial charge in [-0.15, -0.1) is 0 Å². The number of esters is 2. The summed E-state index contributed by atoms with van der Waals surface area (Å²) in [5.74, 6) is -0.988. The number of aromatic nitrogens is 6. The van der Waals surface area contributed by atoms with Gasteiger partial charge in [-0.1, -0.05) is 34.8 Å². The molecule has 0 amide bonds. The Kier molecular flexibility index (Phi) is 7.88. The maximum absolute atomic E-state index is 11.6. The minimum atomic E-state index is -0.513. The molecule has 0 fully saturated rings. The summed E-state index contributed by atoms with van der Waals surface area (Å²) in [5, 5.41) is 8.70. The van der Waals surface area contributed by atoms with E-state index >= 15 is 0 Å². The monoisotopic (exact) mass is 562 g/mol. The molecule has 0 bridgehead atoms. The van der Waals surface area contributed by atoms with Crippen LogP contribution in [0.5, 0.6) is 0 Å². The summed E-state index contributed by atoms with van der Waals surface area (Å²) in [6.45, 7) is 4.03. The zero-order valence-corrected chi connectivity index (χ0v) is 20.4. The molecular weight excluding hydrogens is 550 g/mol. The van der Waals surface area contributed by atoms with Crippen LogP contribution in [0.3, 0.4) is 0 Å². The van der Waals surface area contributed by atoms with Crippen LogP contribution in [-0.2, 0) is 9.47 Å². The molecule has 4 heterocycles. The van der Waals surface area contributed by atoms with Crippen molar-refractivity contribution in [3.8, 4) is 0 Å². The van der Waals surface area contributed by atoms with E-state index in [0.29, 0.717) is 27.4 Å². The highest BCUT2D eigenvalue weighted by Gasteiger charge is 2.17. The Morgan fingerprint density at radius 3 is 1.88 bits per heavy atom. The zero-order chi connectivity index (χ0) is 23.4. The highest BCUT2D eigenvalue weighted by molar-refractivity contribution is 9.10. The first-order chi connectivity index (χ1) is 15.3. The van der Waals surface area contributed by atoms with E-state index in [1.165, 1.54) is 27.5 Å². The van der Waals surface area contributed by atoms with Crippen LogP contribution in [0.2, 0.25) is 15.3 Å². The molecule has 0 saturated heterocycles. The molecule has 4 rings (SSSR count). The van der Waals surface area contributed by atoms with Crippen molar-refractivity contribution < 1.29 is 19.1 Å². The van der Waals surface area contributed by atoms with Crippen LogP contribution >= 0.6 is 50.7 Å². The summed E-state index contributed by atoms with van der Waals surface area (Å²) in [4.78, 5) is 31.1. The Labute approximate surface area is 204 Å². The Hall–Kier alpha value is -2.47. The van der Waals surface area contributed by atoms with Crippen LogP contribution in [0.1, 0.15) is 34.8 Å². The largest absolute Gasteiger partial charge is 0.461 e. The van der Waals surface area contributed by atoms with Crippen molar-refractivity contribution in [2.24, 2.45) is 0 Å². The molecule has 0 spiro atoms. The van der Waals surface area contributed by atoms with Gasteiger partial charge in [0.25, 0.3) is 0 Å². The van der Waals surface area contributed by atoms with Crippen molar-refractivity contribution in [3.05, 3.63) is 55.7 Å². The predicted molar refractivity (Wildman–Crippen MR) is 121 cm³/mol. The van der Waals surface area contributed by atoms with E-state index in [4.69, 9.17) is 44.3 Å². The van der Waals surface area contributed by atoms with Crippen LogP contribution < -0.4 is 0 Å². The first-order valence-corrected chi connectivity index (χ1v) is 10.9. The van der Waals surface area contributed by atoms with E-state index in [9.17, 15) is 9.59 Å². The molecule has 32 heavy (non-hydrogen) atoms. The topological polar surface area (TPSA) is 113 Å². The van der Waals surface area contributed by atoms with Crippen molar-refractivity contribution in [1.29, 1.82) is 0 Å². The van der Waals surface area contributed by atoms with Crippen molar-refractivity contribution in [2.75, 3.05) is 13.2 Å². The van der Waals surface area contributed by atoms with Crippen LogP contribution in [-0.4, -0.2) is 54.3 Å². The number of carbonyl (C=O) groups excluding carboxylic acids is 2. The number of fused-ring (bicyclic) bond motifs is 2. The molecule has 0 aliphatic heterocycles. The van der Waals surface area contributed by atoms with Gasteiger partial charge in [-0.2, -0.15) is 10.2 Å². The molecule has 4 aromatic rings. The summed E-state index contributed by atoms with van der Waals surface area (Å²) in [7, 11) is 0. The van der Waals surface area contributed by atoms with Gasteiger partial charge in [0.1, 0.15) is 0 Å². The highest BCUT2D eigenvalue weighted by Crippen LogP contribution is 2.21. The first-order valence-electron chi connectivity index (χ1n) is 9.00. The third-order valence-corrected chi connectivity index (χ3v) is 4.99. The molecule has 0 radical (unpaired) electrons. The van der Waals surface area contributed by atoms with Crippen LogP contribution in [0.15, 0.2) is 29.0 Å². The third kappa shape index (κ3) is 5.12. The van der Waals surface area contributed by atoms with Gasteiger partial charge < -0.3 is 9.47 Å². The van der Waals surface area contributed by atoms with E-state index in [2.05, 4.69) is 36.1 Å². The average molecular weight is 565 g/mol. The van der Waals surface area contributed by atoms with Gasteiger partial charge >= 0.3 is 11.9 Å². The molecule has 0 aliphatic carbocycles. The SMILES string of the molecule is CCOC(=O)c1cnc2c(Br)cc(Cl)nn12.CCOC(=O)c1cnc2c(Cl)cc(Cl)nn12. The lowest BCUT2D eigenvalue weighted by Gasteiger charge is -2.01. The van der Waals surface area contributed by atoms with Crippen molar-refractivity contribution >= 4 is 74.0 Å². The van der Waals surface area contributed by atoms with Gasteiger partial charge in [-0.05, 0) is 41.9 Å². The fourth-order valence-corrected chi connectivity index (χ4v) is 3.77. The summed E-state index contributed by atoms with van der Waals surface area (Å²) in [6.07, 6.45) is 2.75. The average Bonchev–Trinajstić information content (AvgIpc) is 3.33. The lowest BCUT2D eigenvalue weighted by atomic mass is 10.5. The third-order valence-electron chi connectivity index (χ3n) is 3.75. The summed E-state index contributed by atoms with van der Waals surface area (Å²) in [6, 6.07) is 3.07. The molecule has 10 nitrogen and oxygen atoms in total. The van der Waals surface area contributed by atoms with E-state index in [1.807, 2.05) is 0 Å². The smallest absolute Gasteiger partial charge is 0.358 e. The Morgan fingerprint density at radius 2 is 1.34 bits per heavy atom. The number of hydrogen-bond acceptors (Lipinski definition) is 8. The van der Waals surface area contributed by atoms with E-state index < -0.39 is 11.9 Å². The first kappa shape index (κ1) is 24.2. The van der Waals surface area contributed by atoms with Gasteiger partial charge in [0.05, 0.1) is 35.1 Å². The number of rotatable bonds is 4. The summed E-state index contributed by atoms with van der Waals surface area (Å²) >= 11 is 20.7.